The maximum atomic E-state index is 9.93. The summed E-state index contributed by atoms with van der Waals surface area (Å²) < 4.78 is 4.48. The van der Waals surface area contributed by atoms with Crippen molar-refractivity contribution >= 4 is 5.97 Å². The lowest BCUT2D eigenvalue weighted by atomic mass is 10.2. The summed E-state index contributed by atoms with van der Waals surface area (Å²) in [5.74, 6) is -1.05. The molecule has 0 spiro atoms. The molecule has 1 rings (SSSR count). The van der Waals surface area contributed by atoms with Gasteiger partial charge in [0.2, 0.25) is 0 Å². The quantitative estimate of drug-likeness (QED) is 0.560. The fourth-order valence-corrected chi connectivity index (χ4v) is 0.597. The van der Waals surface area contributed by atoms with E-state index in [-0.39, 0.29) is 6.42 Å². The van der Waals surface area contributed by atoms with Crippen LogP contribution in [0.4, 0.5) is 0 Å². The summed E-state index contributed by atoms with van der Waals surface area (Å²) in [5.41, 5.74) is 0.782. The van der Waals surface area contributed by atoms with Gasteiger partial charge in [0.05, 0.1) is 6.20 Å². The third kappa shape index (κ3) is 1.89. The number of aliphatic carboxylic acids is 1. The van der Waals surface area contributed by atoms with Gasteiger partial charge >= 0.3 is 0 Å². The Kier molecular flexibility index (Phi) is 2.04. The van der Waals surface area contributed by atoms with Crippen LogP contribution < -0.4 is 5.11 Å². The third-order valence-corrected chi connectivity index (χ3v) is 1.10. The van der Waals surface area contributed by atoms with Gasteiger partial charge in [-0.1, -0.05) is 5.16 Å². The van der Waals surface area contributed by atoms with Crippen molar-refractivity contribution in [1.29, 1.82) is 0 Å². The van der Waals surface area contributed by atoms with Crippen molar-refractivity contribution in [1.82, 2.24) is 5.16 Å². The van der Waals surface area contributed by atoms with Crippen LogP contribution in [0.15, 0.2) is 17.0 Å². The molecule has 0 fully saturated rings. The third-order valence-electron chi connectivity index (χ3n) is 1.10. The molecular formula is C6H6NO3-. The number of hydrogen-bond acceptors (Lipinski definition) is 4. The second-order valence-corrected chi connectivity index (χ2v) is 1.90. The number of rotatable bonds is 3. The van der Waals surface area contributed by atoms with Crippen LogP contribution in [-0.2, 0) is 11.2 Å². The van der Waals surface area contributed by atoms with E-state index < -0.39 is 5.97 Å². The molecule has 0 unspecified atom stereocenters. The van der Waals surface area contributed by atoms with Crippen molar-refractivity contribution in [2.45, 2.75) is 12.8 Å². The first-order valence-electron chi connectivity index (χ1n) is 2.87. The Labute approximate surface area is 57.4 Å². The molecule has 0 amide bonds. The van der Waals surface area contributed by atoms with Gasteiger partial charge < -0.3 is 14.4 Å². The summed E-state index contributed by atoms with van der Waals surface area (Å²) in [4.78, 5) is 9.93. The molecule has 0 atom stereocenters. The molecular weight excluding hydrogens is 134 g/mol. The Morgan fingerprint density at radius 3 is 3.10 bits per heavy atom. The van der Waals surface area contributed by atoms with Crippen LogP contribution in [0.1, 0.15) is 12.0 Å². The number of carbonyl (C=O) groups excluding carboxylic acids is 1. The van der Waals surface area contributed by atoms with Crippen LogP contribution in [0.25, 0.3) is 0 Å². The Bertz CT molecular complexity index is 205. The summed E-state index contributed by atoms with van der Waals surface area (Å²) in [7, 11) is 0. The minimum Gasteiger partial charge on any atom is -0.550 e. The van der Waals surface area contributed by atoms with Gasteiger partial charge in [-0.05, 0) is 12.8 Å². The van der Waals surface area contributed by atoms with E-state index in [1.165, 1.54) is 12.5 Å². The molecule has 0 aromatic carbocycles. The molecule has 4 nitrogen and oxygen atoms in total. The van der Waals surface area contributed by atoms with E-state index in [1.54, 1.807) is 0 Å². The molecule has 0 saturated heterocycles. The largest absolute Gasteiger partial charge is 0.550 e. The molecule has 0 bridgehead atoms. The van der Waals surface area contributed by atoms with E-state index in [1.807, 2.05) is 0 Å². The number of carboxylic acids is 1. The fourth-order valence-electron chi connectivity index (χ4n) is 0.597. The summed E-state index contributed by atoms with van der Waals surface area (Å²) >= 11 is 0. The molecule has 1 aromatic rings. The predicted molar refractivity (Wildman–Crippen MR) is 29.8 cm³/mol. The number of nitrogens with zero attached hydrogens (tertiary/aromatic N) is 1. The lowest BCUT2D eigenvalue weighted by Gasteiger charge is -1.96. The van der Waals surface area contributed by atoms with Gasteiger partial charge in [-0.15, -0.1) is 0 Å². The standard InChI is InChI=1S/C6H7NO3/c8-6(9)2-1-5-3-7-10-4-5/h3-4H,1-2H2,(H,8,9)/p-1. The number of hydrogen-bond donors (Lipinski definition) is 0. The van der Waals surface area contributed by atoms with Crippen molar-refractivity contribution in [3.05, 3.63) is 18.0 Å². The fraction of sp³-hybridized carbons (Fsp3) is 0.333. The van der Waals surface area contributed by atoms with Crippen LogP contribution in [-0.4, -0.2) is 11.1 Å². The second kappa shape index (κ2) is 3.00. The minimum absolute atomic E-state index is 0.0151. The normalized spacial score (nSPS) is 9.60. The van der Waals surface area contributed by atoms with E-state index in [9.17, 15) is 9.90 Å². The molecule has 0 saturated carbocycles. The number of carboxylic acid groups (broad SMARTS) is 1. The molecule has 0 aliphatic rings. The van der Waals surface area contributed by atoms with Gasteiger partial charge in [-0.25, -0.2) is 0 Å². The van der Waals surface area contributed by atoms with Gasteiger partial charge in [0.15, 0.2) is 0 Å². The van der Waals surface area contributed by atoms with Gasteiger partial charge in [0, 0.05) is 11.5 Å². The van der Waals surface area contributed by atoms with Gasteiger partial charge in [0.25, 0.3) is 0 Å². The first-order chi connectivity index (χ1) is 4.79. The van der Waals surface area contributed by atoms with Crippen molar-refractivity contribution in [2.75, 3.05) is 0 Å². The highest BCUT2D eigenvalue weighted by Gasteiger charge is 1.94. The molecule has 0 aliphatic carbocycles. The van der Waals surface area contributed by atoms with E-state index >= 15 is 0 Å². The molecule has 54 valence electrons. The maximum absolute atomic E-state index is 9.93. The lowest BCUT2D eigenvalue weighted by Crippen LogP contribution is -2.22. The van der Waals surface area contributed by atoms with Crippen LogP contribution >= 0.6 is 0 Å². The molecule has 0 radical (unpaired) electrons. The van der Waals surface area contributed by atoms with E-state index in [2.05, 4.69) is 9.68 Å². The Hall–Kier alpha value is -1.32. The zero-order valence-electron chi connectivity index (χ0n) is 5.24. The first-order valence-corrected chi connectivity index (χ1v) is 2.87. The van der Waals surface area contributed by atoms with Crippen molar-refractivity contribution < 1.29 is 14.4 Å². The maximum Gasteiger partial charge on any atom is 0.126 e. The van der Waals surface area contributed by atoms with Crippen molar-refractivity contribution in [3.63, 3.8) is 0 Å². The summed E-state index contributed by atoms with van der Waals surface area (Å²) in [6, 6.07) is 0. The minimum atomic E-state index is -1.05. The Morgan fingerprint density at radius 1 is 1.80 bits per heavy atom. The van der Waals surface area contributed by atoms with Crippen molar-refractivity contribution in [3.8, 4) is 0 Å². The molecule has 1 heterocycles. The molecule has 1 aromatic heterocycles. The number of carbonyl (C=O) groups is 1. The first kappa shape index (κ1) is 6.80. The van der Waals surface area contributed by atoms with E-state index in [4.69, 9.17) is 0 Å². The predicted octanol–water partition coefficient (Wildman–Crippen LogP) is -0.643. The SMILES string of the molecule is O=C([O-])CCc1cnoc1. The zero-order chi connectivity index (χ0) is 7.40. The van der Waals surface area contributed by atoms with E-state index in [0.29, 0.717) is 6.42 Å². The highest BCUT2D eigenvalue weighted by atomic mass is 16.5. The van der Waals surface area contributed by atoms with E-state index in [0.717, 1.165) is 5.56 Å². The topological polar surface area (TPSA) is 66.2 Å². The van der Waals surface area contributed by atoms with Crippen LogP contribution in [0.2, 0.25) is 0 Å². The van der Waals surface area contributed by atoms with Crippen molar-refractivity contribution in [2.24, 2.45) is 0 Å². The second-order valence-electron chi connectivity index (χ2n) is 1.90. The summed E-state index contributed by atoms with van der Waals surface area (Å²) in [6.45, 7) is 0. The number of aryl methyl sites for hydroxylation is 1. The van der Waals surface area contributed by atoms with Gasteiger partial charge in [0.1, 0.15) is 6.26 Å². The summed E-state index contributed by atoms with van der Waals surface area (Å²) in [6.07, 6.45) is 3.35. The smallest absolute Gasteiger partial charge is 0.126 e. The summed E-state index contributed by atoms with van der Waals surface area (Å²) in [5, 5.41) is 13.3. The van der Waals surface area contributed by atoms with Crippen LogP contribution in [0.3, 0.4) is 0 Å². The monoisotopic (exact) mass is 140 g/mol. The lowest BCUT2D eigenvalue weighted by molar-refractivity contribution is -0.305. The molecule has 0 N–H and O–H groups in total. The van der Waals surface area contributed by atoms with Gasteiger partial charge in [-0.3, -0.25) is 0 Å². The highest BCUT2D eigenvalue weighted by Crippen LogP contribution is 1.99. The van der Waals surface area contributed by atoms with Gasteiger partial charge in [-0.2, -0.15) is 0 Å². The Morgan fingerprint density at radius 2 is 2.60 bits per heavy atom. The zero-order valence-corrected chi connectivity index (χ0v) is 5.24. The number of aromatic nitrogens is 1. The molecule has 0 aliphatic heterocycles. The average Bonchev–Trinajstić information content (AvgIpc) is 2.34. The average molecular weight is 140 g/mol. The van der Waals surface area contributed by atoms with Crippen LogP contribution in [0, 0.1) is 0 Å². The van der Waals surface area contributed by atoms with Crippen LogP contribution in [0.5, 0.6) is 0 Å². The molecule has 10 heavy (non-hydrogen) atoms. The highest BCUT2D eigenvalue weighted by molar-refractivity contribution is 5.64. The molecule has 4 heteroatoms. The Balaban J connectivity index is 2.35.